The van der Waals surface area contributed by atoms with Crippen LogP contribution in [0.25, 0.3) is 5.65 Å². The Hall–Kier alpha value is -2.24. The number of aromatic amines is 2. The Kier molecular flexibility index (Phi) is 5.34. The molecule has 3 aromatic rings. The number of nitrogens with one attached hydrogen (secondary N) is 2. The zero-order chi connectivity index (χ0) is 20.7. The van der Waals surface area contributed by atoms with Gasteiger partial charge in [0.2, 0.25) is 11.5 Å². The van der Waals surface area contributed by atoms with Gasteiger partial charge in [-0.05, 0) is 6.92 Å². The molecule has 0 saturated heterocycles. The summed E-state index contributed by atoms with van der Waals surface area (Å²) in [7, 11) is 1.45. The molecule has 0 bridgehead atoms. The summed E-state index contributed by atoms with van der Waals surface area (Å²) in [5.41, 5.74) is 2.70. The lowest BCUT2D eigenvalue weighted by molar-refractivity contribution is -0.160. The zero-order valence-corrected chi connectivity index (χ0v) is 18.2. The van der Waals surface area contributed by atoms with E-state index in [4.69, 9.17) is 9.22 Å². The molecule has 0 aromatic carbocycles. The minimum Gasteiger partial charge on any atom is -0.292 e. The number of azo groups is 1. The summed E-state index contributed by atoms with van der Waals surface area (Å²) in [5, 5.41) is 27.9. The van der Waals surface area contributed by atoms with Crippen molar-refractivity contribution in [2.45, 2.75) is 64.2 Å². The summed E-state index contributed by atoms with van der Waals surface area (Å²) >= 11 is 1.05. The molecule has 0 unspecified atom stereocenters. The van der Waals surface area contributed by atoms with Crippen LogP contribution in [0.15, 0.2) is 15.1 Å². The van der Waals surface area contributed by atoms with E-state index >= 15 is 0 Å². The van der Waals surface area contributed by atoms with Crippen molar-refractivity contribution in [3.8, 4) is 0 Å². The molecule has 0 aliphatic heterocycles. The molecular weight excluding hydrogens is 380 g/mol. The van der Waals surface area contributed by atoms with Gasteiger partial charge in [0.25, 0.3) is 0 Å². The summed E-state index contributed by atoms with van der Waals surface area (Å²) in [5.74, 6) is 1.17. The van der Waals surface area contributed by atoms with Crippen LogP contribution in [-0.4, -0.2) is 37.1 Å². The van der Waals surface area contributed by atoms with Gasteiger partial charge in [-0.15, -0.1) is 20.4 Å². The summed E-state index contributed by atoms with van der Waals surface area (Å²) in [4.78, 5) is 5.46. The van der Waals surface area contributed by atoms with Crippen LogP contribution in [0.1, 0.15) is 58.8 Å². The molecule has 11 heteroatoms. The van der Waals surface area contributed by atoms with Crippen LogP contribution >= 0.6 is 12.0 Å². The highest BCUT2D eigenvalue weighted by Crippen LogP contribution is 2.40. The van der Waals surface area contributed by atoms with E-state index in [-0.39, 0.29) is 10.8 Å². The molecule has 3 rings (SSSR count). The van der Waals surface area contributed by atoms with E-state index in [1.54, 1.807) is 0 Å². The standard InChI is InChI=1S/C17H26N8O2S/c1-9-18-23-15-10(12(16(2,3)4)24-25(9)15)19-21-14-11(28-27-26-8)13(20-22-14)17(5,6)7/h24H,1-8H3,(H,20,22). The number of aryl methyl sites for hydroxylation is 1. The molecule has 0 aliphatic carbocycles. The average molecular weight is 407 g/mol. The normalized spacial score (nSPS) is 13.3. The SMILES string of the molecule is COOSc1c(N=Nc2c(C(C)(C)C)[nH]n3c(C)nnc23)n[nH]c1C(C)(C)C. The Labute approximate surface area is 167 Å². The van der Waals surface area contributed by atoms with Crippen molar-refractivity contribution in [1.29, 1.82) is 0 Å². The third-order valence-corrected chi connectivity index (χ3v) is 4.89. The second-order valence-electron chi connectivity index (χ2n) is 8.51. The molecule has 0 amide bonds. The van der Waals surface area contributed by atoms with E-state index in [1.165, 1.54) is 7.11 Å². The van der Waals surface area contributed by atoms with Gasteiger partial charge in [-0.1, -0.05) is 41.5 Å². The average Bonchev–Trinajstić information content (AvgIpc) is 3.25. The first-order valence-corrected chi connectivity index (χ1v) is 9.60. The highest BCUT2D eigenvalue weighted by molar-refractivity contribution is 7.94. The lowest BCUT2D eigenvalue weighted by Crippen LogP contribution is -2.13. The van der Waals surface area contributed by atoms with Crippen molar-refractivity contribution < 1.29 is 9.22 Å². The quantitative estimate of drug-likeness (QED) is 0.275. The fraction of sp³-hybridized carbons (Fsp3) is 0.588. The van der Waals surface area contributed by atoms with Crippen molar-refractivity contribution in [3.05, 3.63) is 17.2 Å². The van der Waals surface area contributed by atoms with Crippen molar-refractivity contribution in [1.82, 2.24) is 30.0 Å². The highest BCUT2D eigenvalue weighted by atomic mass is 32.2. The van der Waals surface area contributed by atoms with Crippen molar-refractivity contribution >= 4 is 29.2 Å². The van der Waals surface area contributed by atoms with Crippen LogP contribution in [0.3, 0.4) is 0 Å². The van der Waals surface area contributed by atoms with Crippen LogP contribution in [0.5, 0.6) is 0 Å². The first-order chi connectivity index (χ1) is 13.0. The molecule has 10 nitrogen and oxygen atoms in total. The number of hydrogen-bond acceptors (Lipinski definition) is 8. The van der Waals surface area contributed by atoms with Gasteiger partial charge < -0.3 is 0 Å². The van der Waals surface area contributed by atoms with Gasteiger partial charge in [0.05, 0.1) is 30.5 Å². The molecule has 0 radical (unpaired) electrons. The molecule has 28 heavy (non-hydrogen) atoms. The van der Waals surface area contributed by atoms with E-state index in [0.29, 0.717) is 17.2 Å². The van der Waals surface area contributed by atoms with E-state index in [0.717, 1.165) is 34.2 Å². The Bertz CT molecular complexity index is 1000. The van der Waals surface area contributed by atoms with Crippen LogP contribution in [0, 0.1) is 6.92 Å². The third-order valence-electron chi connectivity index (χ3n) is 4.13. The third kappa shape index (κ3) is 3.82. The molecular formula is C17H26N8O2S. The molecule has 152 valence electrons. The largest absolute Gasteiger partial charge is 0.292 e. The van der Waals surface area contributed by atoms with Gasteiger partial charge in [0.1, 0.15) is 10.7 Å². The lowest BCUT2D eigenvalue weighted by atomic mass is 9.91. The van der Waals surface area contributed by atoms with Crippen molar-refractivity contribution in [3.63, 3.8) is 0 Å². The Balaban J connectivity index is 2.08. The number of H-pyrrole nitrogens is 2. The molecule has 2 N–H and O–H groups in total. The van der Waals surface area contributed by atoms with E-state index in [2.05, 4.69) is 77.3 Å². The minimum atomic E-state index is -0.180. The minimum absolute atomic E-state index is 0.178. The Morgan fingerprint density at radius 2 is 1.68 bits per heavy atom. The van der Waals surface area contributed by atoms with Gasteiger partial charge in [0, 0.05) is 10.8 Å². The van der Waals surface area contributed by atoms with Gasteiger partial charge in [-0.2, -0.15) is 9.43 Å². The van der Waals surface area contributed by atoms with Crippen LogP contribution in [0.2, 0.25) is 0 Å². The predicted octanol–water partition coefficient (Wildman–Crippen LogP) is 4.68. The molecule has 0 spiro atoms. The maximum absolute atomic E-state index is 5.07. The number of hydrogen-bond donors (Lipinski definition) is 2. The smallest absolute Gasteiger partial charge is 0.211 e. The van der Waals surface area contributed by atoms with Crippen LogP contribution in [0.4, 0.5) is 11.5 Å². The topological polar surface area (TPSA) is 118 Å². The fourth-order valence-electron chi connectivity index (χ4n) is 2.69. The summed E-state index contributed by atoms with van der Waals surface area (Å²) < 4.78 is 6.87. The van der Waals surface area contributed by atoms with Gasteiger partial charge in [-0.25, -0.2) is 9.40 Å². The summed E-state index contributed by atoms with van der Waals surface area (Å²) in [6.07, 6.45) is 0. The summed E-state index contributed by atoms with van der Waals surface area (Å²) in [6.45, 7) is 14.4. The maximum atomic E-state index is 5.07. The second-order valence-corrected chi connectivity index (χ2v) is 9.22. The lowest BCUT2D eigenvalue weighted by Gasteiger charge is -2.17. The van der Waals surface area contributed by atoms with E-state index in [1.807, 2.05) is 11.4 Å². The number of fused-ring (bicyclic) bond motifs is 1. The molecule has 0 atom stereocenters. The van der Waals surface area contributed by atoms with Gasteiger partial charge in [0.15, 0.2) is 5.69 Å². The molecule has 0 fully saturated rings. The molecule has 3 aromatic heterocycles. The maximum Gasteiger partial charge on any atom is 0.211 e. The summed E-state index contributed by atoms with van der Waals surface area (Å²) in [6, 6.07) is 0. The molecule has 0 saturated carbocycles. The first-order valence-electron chi connectivity index (χ1n) is 8.86. The fourth-order valence-corrected chi connectivity index (χ4v) is 3.42. The van der Waals surface area contributed by atoms with Crippen molar-refractivity contribution in [2.24, 2.45) is 10.2 Å². The van der Waals surface area contributed by atoms with Crippen LogP contribution in [-0.2, 0) is 20.1 Å². The Morgan fingerprint density at radius 1 is 1.00 bits per heavy atom. The monoisotopic (exact) mass is 406 g/mol. The molecule has 3 heterocycles. The Morgan fingerprint density at radius 3 is 2.29 bits per heavy atom. The zero-order valence-electron chi connectivity index (χ0n) is 17.4. The highest BCUT2D eigenvalue weighted by Gasteiger charge is 2.27. The number of aromatic nitrogens is 6. The van der Waals surface area contributed by atoms with Crippen molar-refractivity contribution in [2.75, 3.05) is 7.11 Å². The predicted molar refractivity (Wildman–Crippen MR) is 106 cm³/mol. The van der Waals surface area contributed by atoms with Gasteiger partial charge >= 0.3 is 0 Å². The molecule has 0 aliphatic rings. The van der Waals surface area contributed by atoms with E-state index in [9.17, 15) is 0 Å². The van der Waals surface area contributed by atoms with Crippen LogP contribution < -0.4 is 0 Å². The number of rotatable bonds is 5. The number of nitrogens with zero attached hydrogens (tertiary/aromatic N) is 6. The van der Waals surface area contributed by atoms with Gasteiger partial charge in [-0.3, -0.25) is 10.2 Å². The van der Waals surface area contributed by atoms with E-state index < -0.39 is 0 Å². The first kappa shape index (κ1) is 20.5. The second kappa shape index (κ2) is 7.30.